The molecule has 1 atom stereocenters. The minimum atomic E-state index is -0.635. The van der Waals surface area contributed by atoms with Gasteiger partial charge in [-0.3, -0.25) is 0 Å². The van der Waals surface area contributed by atoms with Crippen LogP contribution in [0.2, 0.25) is 0 Å². The molecule has 0 aliphatic carbocycles. The van der Waals surface area contributed by atoms with Gasteiger partial charge in [-0.25, -0.2) is 0 Å². The molecule has 2 N–H and O–H groups in total. The number of nitriles is 1. The van der Waals surface area contributed by atoms with Crippen molar-refractivity contribution < 1.29 is 9.47 Å². The Balaban J connectivity index is 1.98. The molecule has 0 spiro atoms. The van der Waals surface area contributed by atoms with Crippen LogP contribution in [0.15, 0.2) is 36.4 Å². The minimum absolute atomic E-state index is 0.303. The van der Waals surface area contributed by atoms with E-state index in [0.717, 1.165) is 10.9 Å². The van der Waals surface area contributed by atoms with Crippen molar-refractivity contribution in [1.82, 2.24) is 9.97 Å². The van der Waals surface area contributed by atoms with Gasteiger partial charge in [0.05, 0.1) is 18.6 Å². The monoisotopic (exact) mass is 375 g/mol. The fraction of sp³-hybridized carbons (Fsp3) is 0.286. The lowest BCUT2D eigenvalue weighted by atomic mass is 9.97. The first-order chi connectivity index (χ1) is 13.6. The van der Waals surface area contributed by atoms with Gasteiger partial charge in [-0.15, -0.1) is 0 Å². The molecule has 0 saturated carbocycles. The van der Waals surface area contributed by atoms with Gasteiger partial charge >= 0.3 is 0 Å². The molecule has 7 heteroatoms. The summed E-state index contributed by atoms with van der Waals surface area (Å²) in [5, 5.41) is 18.1. The standard InChI is InChI=1S/C21H21N5O2/c1-4-27-16-11-14-15(12-22)20(28-5-2)24-19-17(14)18(23-16)25-21(3,26-19)13-9-7-6-8-10-13/h6-11H,4-5H2,1-3H3,(H,23,25)(H,24,26). The second kappa shape index (κ2) is 6.89. The molecule has 2 aromatic heterocycles. The van der Waals surface area contributed by atoms with Crippen LogP contribution in [0.1, 0.15) is 31.9 Å². The highest BCUT2D eigenvalue weighted by Gasteiger charge is 2.35. The maximum Gasteiger partial charge on any atom is 0.234 e. The minimum Gasteiger partial charge on any atom is -0.478 e. The predicted octanol–water partition coefficient (Wildman–Crippen LogP) is 4.01. The van der Waals surface area contributed by atoms with Gasteiger partial charge in [0.2, 0.25) is 11.8 Å². The van der Waals surface area contributed by atoms with Crippen molar-refractivity contribution in [1.29, 1.82) is 5.26 Å². The molecular weight excluding hydrogens is 354 g/mol. The van der Waals surface area contributed by atoms with Crippen molar-refractivity contribution in [3.05, 3.63) is 47.5 Å². The van der Waals surface area contributed by atoms with Crippen LogP contribution in [0.25, 0.3) is 10.8 Å². The first-order valence-corrected chi connectivity index (χ1v) is 9.26. The first-order valence-electron chi connectivity index (χ1n) is 9.26. The lowest BCUT2D eigenvalue weighted by molar-refractivity contribution is 0.325. The van der Waals surface area contributed by atoms with E-state index in [-0.39, 0.29) is 0 Å². The zero-order valence-corrected chi connectivity index (χ0v) is 16.0. The predicted molar refractivity (Wildman–Crippen MR) is 108 cm³/mol. The molecule has 7 nitrogen and oxygen atoms in total. The van der Waals surface area contributed by atoms with Gasteiger partial charge in [-0.05, 0) is 26.3 Å². The van der Waals surface area contributed by atoms with Crippen LogP contribution >= 0.6 is 0 Å². The summed E-state index contributed by atoms with van der Waals surface area (Å²) in [6.45, 7) is 6.67. The smallest absolute Gasteiger partial charge is 0.234 e. The van der Waals surface area contributed by atoms with Crippen molar-refractivity contribution in [2.45, 2.75) is 26.4 Å². The summed E-state index contributed by atoms with van der Waals surface area (Å²) >= 11 is 0. The van der Waals surface area contributed by atoms with Crippen LogP contribution < -0.4 is 20.1 Å². The van der Waals surface area contributed by atoms with E-state index in [9.17, 15) is 5.26 Å². The Bertz CT molecular complexity index is 1060. The molecule has 4 rings (SSSR count). The maximum atomic E-state index is 9.75. The number of aromatic nitrogens is 2. The van der Waals surface area contributed by atoms with Gasteiger partial charge in [0, 0.05) is 11.5 Å². The van der Waals surface area contributed by atoms with E-state index in [4.69, 9.17) is 9.47 Å². The van der Waals surface area contributed by atoms with E-state index in [1.807, 2.05) is 51.1 Å². The highest BCUT2D eigenvalue weighted by molar-refractivity contribution is 6.06. The quantitative estimate of drug-likeness (QED) is 0.696. The van der Waals surface area contributed by atoms with Gasteiger partial charge in [-0.2, -0.15) is 15.2 Å². The number of anilines is 2. The normalized spacial score (nSPS) is 17.4. The number of pyridine rings is 2. The Kier molecular flexibility index (Phi) is 4.40. The average Bonchev–Trinajstić information content (AvgIpc) is 2.69. The third-order valence-corrected chi connectivity index (χ3v) is 4.70. The molecule has 0 fully saturated rings. The second-order valence-corrected chi connectivity index (χ2v) is 6.59. The summed E-state index contributed by atoms with van der Waals surface area (Å²) in [5.74, 6) is 1.99. The van der Waals surface area contributed by atoms with Gasteiger partial charge in [0.15, 0.2) is 0 Å². The number of ether oxygens (including phenoxy) is 2. The van der Waals surface area contributed by atoms with Crippen LogP contribution in [0, 0.1) is 11.3 Å². The van der Waals surface area contributed by atoms with Gasteiger partial charge in [0.25, 0.3) is 0 Å². The van der Waals surface area contributed by atoms with E-state index in [2.05, 4.69) is 26.7 Å². The molecule has 0 radical (unpaired) electrons. The Morgan fingerprint density at radius 2 is 1.71 bits per heavy atom. The van der Waals surface area contributed by atoms with Crippen molar-refractivity contribution in [3.8, 4) is 17.8 Å². The van der Waals surface area contributed by atoms with E-state index < -0.39 is 5.66 Å². The van der Waals surface area contributed by atoms with Crippen molar-refractivity contribution in [2.75, 3.05) is 23.8 Å². The third kappa shape index (κ3) is 2.83. The number of hydrogen-bond donors (Lipinski definition) is 2. The Hall–Kier alpha value is -3.53. The summed E-state index contributed by atoms with van der Waals surface area (Å²) in [4.78, 5) is 9.24. The molecule has 3 heterocycles. The first kappa shape index (κ1) is 17.9. The summed E-state index contributed by atoms with van der Waals surface area (Å²) in [6.07, 6.45) is 0. The van der Waals surface area contributed by atoms with Crippen LogP contribution in [0.4, 0.5) is 11.6 Å². The summed E-state index contributed by atoms with van der Waals surface area (Å²) in [6, 6.07) is 14.0. The maximum absolute atomic E-state index is 9.75. The SMILES string of the molecule is CCOc1cc2c(C#N)c(OCC)nc3c2c(n1)NC(C)(c1ccccc1)N3. The van der Waals surface area contributed by atoms with E-state index >= 15 is 0 Å². The Morgan fingerprint density at radius 3 is 2.36 bits per heavy atom. The molecule has 0 bridgehead atoms. The van der Waals surface area contributed by atoms with Crippen LogP contribution in [0.3, 0.4) is 0 Å². The van der Waals surface area contributed by atoms with Gasteiger partial charge in [-0.1, -0.05) is 30.3 Å². The number of nitrogens with zero attached hydrogens (tertiary/aromatic N) is 3. The topological polar surface area (TPSA) is 92.1 Å². The van der Waals surface area contributed by atoms with Gasteiger partial charge < -0.3 is 20.1 Å². The molecule has 142 valence electrons. The number of hydrogen-bond acceptors (Lipinski definition) is 7. The molecule has 1 aliphatic rings. The lowest BCUT2D eigenvalue weighted by Gasteiger charge is -2.38. The van der Waals surface area contributed by atoms with Gasteiger partial charge in [0.1, 0.15) is 28.9 Å². The van der Waals surface area contributed by atoms with Crippen molar-refractivity contribution in [2.24, 2.45) is 0 Å². The Labute approximate surface area is 163 Å². The average molecular weight is 375 g/mol. The number of benzene rings is 1. The van der Waals surface area contributed by atoms with Crippen molar-refractivity contribution in [3.63, 3.8) is 0 Å². The zero-order chi connectivity index (χ0) is 19.7. The second-order valence-electron chi connectivity index (χ2n) is 6.59. The molecule has 0 saturated heterocycles. The summed E-state index contributed by atoms with van der Waals surface area (Å²) in [7, 11) is 0. The number of nitrogens with one attached hydrogen (secondary N) is 2. The molecule has 1 aliphatic heterocycles. The molecule has 1 unspecified atom stereocenters. The van der Waals surface area contributed by atoms with Crippen molar-refractivity contribution >= 4 is 22.4 Å². The molecule has 1 aromatic carbocycles. The van der Waals surface area contributed by atoms with Crippen LogP contribution in [-0.2, 0) is 5.66 Å². The van der Waals surface area contributed by atoms with E-state index in [1.165, 1.54) is 0 Å². The fourth-order valence-corrected chi connectivity index (χ4v) is 3.46. The number of rotatable bonds is 5. The molecule has 28 heavy (non-hydrogen) atoms. The molecule has 0 amide bonds. The third-order valence-electron chi connectivity index (χ3n) is 4.70. The van der Waals surface area contributed by atoms with E-state index in [1.54, 1.807) is 6.07 Å². The largest absolute Gasteiger partial charge is 0.478 e. The van der Waals surface area contributed by atoms with E-state index in [0.29, 0.717) is 47.6 Å². The summed E-state index contributed by atoms with van der Waals surface area (Å²) in [5.41, 5.74) is 0.766. The fourth-order valence-electron chi connectivity index (χ4n) is 3.46. The van der Waals surface area contributed by atoms with Crippen LogP contribution in [0.5, 0.6) is 11.8 Å². The zero-order valence-electron chi connectivity index (χ0n) is 16.0. The summed E-state index contributed by atoms with van der Waals surface area (Å²) < 4.78 is 11.3. The molecular formula is C21H21N5O2. The highest BCUT2D eigenvalue weighted by Crippen LogP contribution is 2.43. The highest BCUT2D eigenvalue weighted by atomic mass is 16.5. The van der Waals surface area contributed by atoms with Crippen LogP contribution in [-0.4, -0.2) is 23.2 Å². The Morgan fingerprint density at radius 1 is 1.04 bits per heavy atom. The lowest BCUT2D eigenvalue weighted by Crippen LogP contribution is -2.43. The molecule has 3 aromatic rings.